The Bertz CT molecular complexity index is 1190. The second kappa shape index (κ2) is 8.33. The van der Waals surface area contributed by atoms with Crippen LogP contribution in [0.25, 0.3) is 0 Å². The molecule has 4 rings (SSSR count). The van der Waals surface area contributed by atoms with Crippen LogP contribution in [0.4, 0.5) is 11.4 Å². The van der Waals surface area contributed by atoms with E-state index in [0.717, 1.165) is 4.90 Å². The Morgan fingerprint density at radius 1 is 0.839 bits per heavy atom. The summed E-state index contributed by atoms with van der Waals surface area (Å²) in [6.07, 6.45) is 0. The molecule has 0 radical (unpaired) electrons. The molecule has 0 spiro atoms. The molecule has 1 aliphatic rings. The van der Waals surface area contributed by atoms with Crippen molar-refractivity contribution in [2.75, 3.05) is 10.2 Å². The molecule has 0 aromatic heterocycles. The molecule has 31 heavy (non-hydrogen) atoms. The largest absolute Gasteiger partial charge is 0.478 e. The highest BCUT2D eigenvalue weighted by Crippen LogP contribution is 2.32. The van der Waals surface area contributed by atoms with Gasteiger partial charge in [-0.15, -0.1) is 0 Å². The number of carbonyl (C=O) groups excluding carboxylic acids is 2. The highest BCUT2D eigenvalue weighted by Gasteiger charge is 2.39. The predicted octanol–water partition coefficient (Wildman–Crippen LogP) is 4.61. The normalized spacial score (nSPS) is 13.5. The number of halogens is 1. The van der Waals surface area contributed by atoms with Gasteiger partial charge in [0.2, 0.25) is 0 Å². The molecule has 3 aromatic rings. The van der Waals surface area contributed by atoms with E-state index in [1.165, 1.54) is 24.3 Å². The molecule has 0 unspecified atom stereocenters. The van der Waals surface area contributed by atoms with Crippen LogP contribution in [0.5, 0.6) is 11.5 Å². The first kappa shape index (κ1) is 20.2. The summed E-state index contributed by atoms with van der Waals surface area (Å²) in [5.41, 5.74) is 0.776. The van der Waals surface area contributed by atoms with Crippen LogP contribution < -0.4 is 15.0 Å². The number of aromatic carboxylic acids is 1. The van der Waals surface area contributed by atoms with Gasteiger partial charge in [-0.2, -0.15) is 0 Å². The van der Waals surface area contributed by atoms with E-state index in [1.54, 1.807) is 24.3 Å². The van der Waals surface area contributed by atoms with Gasteiger partial charge in [0, 0.05) is 5.69 Å². The number of hydrogen-bond donors (Lipinski definition) is 2. The zero-order valence-corrected chi connectivity index (χ0v) is 16.7. The van der Waals surface area contributed by atoms with Crippen LogP contribution in [0.1, 0.15) is 10.4 Å². The first-order valence-electron chi connectivity index (χ1n) is 9.16. The second-order valence-electron chi connectivity index (χ2n) is 6.55. The fourth-order valence-corrected chi connectivity index (χ4v) is 3.19. The van der Waals surface area contributed by atoms with Crippen molar-refractivity contribution in [2.24, 2.45) is 0 Å². The number of para-hydroxylation sites is 1. The summed E-state index contributed by atoms with van der Waals surface area (Å²) in [7, 11) is 0. The summed E-state index contributed by atoms with van der Waals surface area (Å²) < 4.78 is 5.72. The van der Waals surface area contributed by atoms with Crippen LogP contribution >= 0.6 is 11.6 Å². The number of carbonyl (C=O) groups is 3. The van der Waals surface area contributed by atoms with Crippen LogP contribution in [0, 0.1) is 0 Å². The summed E-state index contributed by atoms with van der Waals surface area (Å²) in [6, 6.07) is 21.4. The fourth-order valence-electron chi connectivity index (χ4n) is 2.97. The smallest absolute Gasteiger partial charge is 0.335 e. The lowest BCUT2D eigenvalue weighted by molar-refractivity contribution is -0.120. The topological polar surface area (TPSA) is 95.9 Å². The van der Waals surface area contributed by atoms with Crippen LogP contribution in [0.15, 0.2) is 89.6 Å². The van der Waals surface area contributed by atoms with Crippen LogP contribution in [0.2, 0.25) is 0 Å². The molecule has 0 bridgehead atoms. The lowest BCUT2D eigenvalue weighted by Gasteiger charge is -2.16. The van der Waals surface area contributed by atoms with E-state index in [0.29, 0.717) is 22.9 Å². The van der Waals surface area contributed by atoms with Crippen molar-refractivity contribution in [1.29, 1.82) is 0 Å². The Kier molecular flexibility index (Phi) is 5.43. The molecule has 1 heterocycles. The monoisotopic (exact) mass is 434 g/mol. The molecule has 0 atom stereocenters. The van der Waals surface area contributed by atoms with Gasteiger partial charge in [0.15, 0.2) is 0 Å². The first-order valence-corrected chi connectivity index (χ1v) is 9.54. The van der Waals surface area contributed by atoms with Gasteiger partial charge >= 0.3 is 5.97 Å². The van der Waals surface area contributed by atoms with E-state index in [9.17, 15) is 14.4 Å². The number of anilines is 2. The first-order chi connectivity index (χ1) is 14.9. The van der Waals surface area contributed by atoms with Crippen molar-refractivity contribution < 1.29 is 24.2 Å². The average Bonchev–Trinajstić information content (AvgIpc) is 2.99. The van der Waals surface area contributed by atoms with Gasteiger partial charge in [0.25, 0.3) is 11.8 Å². The van der Waals surface area contributed by atoms with Crippen LogP contribution in [0.3, 0.4) is 0 Å². The molecule has 0 saturated carbocycles. The van der Waals surface area contributed by atoms with Gasteiger partial charge in [-0.1, -0.05) is 29.8 Å². The number of amides is 2. The Balaban J connectivity index is 1.51. The van der Waals surface area contributed by atoms with Crippen LogP contribution in [-0.4, -0.2) is 22.9 Å². The van der Waals surface area contributed by atoms with Crippen molar-refractivity contribution >= 4 is 40.8 Å². The number of nitrogens with zero attached hydrogens (tertiary/aromatic N) is 1. The maximum atomic E-state index is 12.9. The molecule has 8 heteroatoms. The van der Waals surface area contributed by atoms with Crippen LogP contribution in [-0.2, 0) is 9.59 Å². The maximum Gasteiger partial charge on any atom is 0.335 e. The van der Waals surface area contributed by atoms with Crippen molar-refractivity contribution in [3.05, 3.63) is 95.2 Å². The molecule has 0 saturated heterocycles. The van der Waals surface area contributed by atoms with Gasteiger partial charge in [0.1, 0.15) is 22.2 Å². The summed E-state index contributed by atoms with van der Waals surface area (Å²) in [5.74, 6) is -1.14. The quantitative estimate of drug-likeness (QED) is 0.550. The lowest BCUT2D eigenvalue weighted by atomic mass is 10.2. The molecule has 1 aliphatic heterocycles. The third kappa shape index (κ3) is 4.12. The highest BCUT2D eigenvalue weighted by molar-refractivity contribution is 6.53. The number of ether oxygens (including phenoxy) is 1. The summed E-state index contributed by atoms with van der Waals surface area (Å²) >= 11 is 6.12. The molecular weight excluding hydrogens is 420 g/mol. The number of imide groups is 1. The van der Waals surface area contributed by atoms with Gasteiger partial charge in [0.05, 0.1) is 11.3 Å². The van der Waals surface area contributed by atoms with Crippen molar-refractivity contribution in [2.45, 2.75) is 0 Å². The summed E-state index contributed by atoms with van der Waals surface area (Å²) in [6.45, 7) is 0. The molecule has 0 aliphatic carbocycles. The summed E-state index contributed by atoms with van der Waals surface area (Å²) in [4.78, 5) is 37.4. The van der Waals surface area contributed by atoms with Gasteiger partial charge < -0.3 is 15.2 Å². The van der Waals surface area contributed by atoms with Gasteiger partial charge in [-0.05, 0) is 60.7 Å². The number of nitrogens with one attached hydrogen (secondary N) is 1. The zero-order chi connectivity index (χ0) is 22.0. The minimum atomic E-state index is -1.07. The second-order valence-corrected chi connectivity index (χ2v) is 6.93. The number of benzene rings is 3. The minimum Gasteiger partial charge on any atom is -0.478 e. The molecule has 0 fully saturated rings. The fraction of sp³-hybridized carbons (Fsp3) is 0. The standard InChI is InChI=1S/C23H15ClN2O5/c24-19-20(25-15-8-6-14(7-9-15)23(29)30)22(28)26(21(19)27)16-10-12-18(13-11-16)31-17-4-2-1-3-5-17/h1-13,25H,(H,29,30). The Hall–Kier alpha value is -4.10. The van der Waals surface area contributed by atoms with Crippen molar-refractivity contribution in [1.82, 2.24) is 0 Å². The zero-order valence-electron chi connectivity index (χ0n) is 15.9. The van der Waals surface area contributed by atoms with E-state index < -0.39 is 17.8 Å². The lowest BCUT2D eigenvalue weighted by Crippen LogP contribution is -2.32. The maximum absolute atomic E-state index is 12.9. The average molecular weight is 435 g/mol. The van der Waals surface area contributed by atoms with Crippen molar-refractivity contribution in [3.63, 3.8) is 0 Å². The molecule has 154 valence electrons. The van der Waals surface area contributed by atoms with E-state index in [1.807, 2.05) is 30.3 Å². The minimum absolute atomic E-state index is 0.0839. The van der Waals surface area contributed by atoms with E-state index in [4.69, 9.17) is 21.4 Å². The SMILES string of the molecule is O=C(O)c1ccc(NC2=C(Cl)C(=O)N(c3ccc(Oc4ccccc4)cc3)C2=O)cc1. The Morgan fingerprint density at radius 3 is 2.06 bits per heavy atom. The molecular formula is C23H15ClN2O5. The predicted molar refractivity (Wildman–Crippen MR) is 115 cm³/mol. The van der Waals surface area contributed by atoms with E-state index in [-0.39, 0.29) is 16.3 Å². The number of carboxylic acids is 1. The Labute approximate surface area is 182 Å². The number of hydrogen-bond acceptors (Lipinski definition) is 5. The highest BCUT2D eigenvalue weighted by atomic mass is 35.5. The Morgan fingerprint density at radius 2 is 1.45 bits per heavy atom. The van der Waals surface area contributed by atoms with E-state index in [2.05, 4.69) is 5.32 Å². The third-order valence-corrected chi connectivity index (χ3v) is 4.85. The number of rotatable bonds is 6. The van der Waals surface area contributed by atoms with E-state index >= 15 is 0 Å². The molecule has 3 aromatic carbocycles. The summed E-state index contributed by atoms with van der Waals surface area (Å²) in [5, 5.41) is 11.5. The van der Waals surface area contributed by atoms with Gasteiger partial charge in [-0.3, -0.25) is 9.59 Å². The number of carboxylic acid groups (broad SMARTS) is 1. The molecule has 2 amide bonds. The third-order valence-electron chi connectivity index (χ3n) is 4.50. The van der Waals surface area contributed by atoms with Gasteiger partial charge in [-0.25, -0.2) is 9.69 Å². The van der Waals surface area contributed by atoms with Crippen molar-refractivity contribution in [3.8, 4) is 11.5 Å². The molecule has 7 nitrogen and oxygen atoms in total. The molecule has 2 N–H and O–H groups in total.